The first-order chi connectivity index (χ1) is 10.9. The summed E-state index contributed by atoms with van der Waals surface area (Å²) in [7, 11) is 0. The van der Waals surface area contributed by atoms with Gasteiger partial charge >= 0.3 is 0 Å². The number of aromatic nitrogens is 4. The number of imidazole rings is 1. The molecule has 0 saturated heterocycles. The molecule has 0 radical (unpaired) electrons. The van der Waals surface area contributed by atoms with Gasteiger partial charge in [0.1, 0.15) is 6.10 Å². The Hall–Kier alpha value is -2.43. The monoisotopic (exact) mass is 294 g/mol. The average molecular weight is 294 g/mol. The van der Waals surface area contributed by atoms with Crippen LogP contribution in [-0.4, -0.2) is 25.7 Å². The van der Waals surface area contributed by atoms with E-state index in [0.29, 0.717) is 12.0 Å². The molecule has 0 N–H and O–H groups in total. The molecule has 112 valence electrons. The van der Waals surface area contributed by atoms with E-state index >= 15 is 0 Å². The van der Waals surface area contributed by atoms with Gasteiger partial charge in [-0.25, -0.2) is 9.50 Å². The Bertz CT molecular complexity index is 763. The Morgan fingerprint density at radius 2 is 1.95 bits per heavy atom. The summed E-state index contributed by atoms with van der Waals surface area (Å²) in [5, 5.41) is 4.61. The highest BCUT2D eigenvalue weighted by atomic mass is 16.5. The van der Waals surface area contributed by atoms with E-state index < -0.39 is 0 Å². The van der Waals surface area contributed by atoms with Gasteiger partial charge < -0.3 is 4.74 Å². The maximum absolute atomic E-state index is 6.05. The standard InChI is InChI=1S/C17H18N4O/c1-2-6-14(7-3-1)22-17-9-8-16-19-12-15(21(16)20-17)13-5-4-10-18-11-13/h4-5,8-12,14H,1-3,6-7H2. The van der Waals surface area contributed by atoms with Crippen LogP contribution in [0.4, 0.5) is 0 Å². The first-order valence-corrected chi connectivity index (χ1v) is 7.82. The van der Waals surface area contributed by atoms with Crippen molar-refractivity contribution in [3.8, 4) is 17.1 Å². The highest BCUT2D eigenvalue weighted by Crippen LogP contribution is 2.24. The topological polar surface area (TPSA) is 52.3 Å². The molecule has 0 aromatic carbocycles. The van der Waals surface area contributed by atoms with Crippen LogP contribution in [0.25, 0.3) is 16.9 Å². The maximum Gasteiger partial charge on any atom is 0.232 e. The molecule has 5 heteroatoms. The summed E-state index contributed by atoms with van der Waals surface area (Å²) in [5.41, 5.74) is 2.74. The van der Waals surface area contributed by atoms with Gasteiger partial charge in [0.05, 0.1) is 11.9 Å². The van der Waals surface area contributed by atoms with Crippen molar-refractivity contribution in [2.45, 2.75) is 38.2 Å². The van der Waals surface area contributed by atoms with Gasteiger partial charge in [-0.15, -0.1) is 5.10 Å². The fourth-order valence-electron chi connectivity index (χ4n) is 2.98. The molecule has 0 atom stereocenters. The van der Waals surface area contributed by atoms with Gasteiger partial charge in [-0.2, -0.15) is 0 Å². The van der Waals surface area contributed by atoms with E-state index in [9.17, 15) is 0 Å². The third kappa shape index (κ3) is 2.54. The van der Waals surface area contributed by atoms with Crippen LogP contribution in [0.5, 0.6) is 5.88 Å². The number of ether oxygens (including phenoxy) is 1. The molecule has 1 fully saturated rings. The summed E-state index contributed by atoms with van der Waals surface area (Å²) < 4.78 is 7.88. The summed E-state index contributed by atoms with van der Waals surface area (Å²) >= 11 is 0. The molecule has 0 spiro atoms. The van der Waals surface area contributed by atoms with E-state index in [1.807, 2.05) is 41.2 Å². The lowest BCUT2D eigenvalue weighted by molar-refractivity contribution is 0.147. The van der Waals surface area contributed by atoms with Crippen LogP contribution in [0.3, 0.4) is 0 Å². The molecule has 0 unspecified atom stereocenters. The number of nitrogens with zero attached hydrogens (tertiary/aromatic N) is 4. The average Bonchev–Trinajstić information content (AvgIpc) is 3.00. The molecule has 4 rings (SSSR count). The van der Waals surface area contributed by atoms with E-state index in [-0.39, 0.29) is 0 Å². The highest BCUT2D eigenvalue weighted by molar-refractivity contribution is 5.61. The van der Waals surface area contributed by atoms with E-state index in [0.717, 1.165) is 29.7 Å². The second kappa shape index (κ2) is 5.75. The quantitative estimate of drug-likeness (QED) is 0.742. The SMILES string of the molecule is c1cncc(-c2cnc3ccc(OC4CCCCC4)nn23)c1. The largest absolute Gasteiger partial charge is 0.473 e. The van der Waals surface area contributed by atoms with Crippen LogP contribution in [-0.2, 0) is 0 Å². The predicted octanol–water partition coefficient (Wildman–Crippen LogP) is 3.50. The summed E-state index contributed by atoms with van der Waals surface area (Å²) in [6.07, 6.45) is 11.8. The first-order valence-electron chi connectivity index (χ1n) is 7.82. The minimum absolute atomic E-state index is 0.295. The molecule has 5 nitrogen and oxygen atoms in total. The van der Waals surface area contributed by atoms with Gasteiger partial charge in [-0.3, -0.25) is 4.98 Å². The molecule has 3 heterocycles. The highest BCUT2D eigenvalue weighted by Gasteiger charge is 2.16. The molecule has 0 bridgehead atoms. The molecule has 22 heavy (non-hydrogen) atoms. The Balaban J connectivity index is 1.67. The third-order valence-electron chi connectivity index (χ3n) is 4.13. The van der Waals surface area contributed by atoms with Crippen molar-refractivity contribution >= 4 is 5.65 Å². The molecule has 3 aromatic heterocycles. The van der Waals surface area contributed by atoms with Gasteiger partial charge in [-0.05, 0) is 43.9 Å². The van der Waals surface area contributed by atoms with Gasteiger partial charge in [-0.1, -0.05) is 6.42 Å². The number of hydrogen-bond donors (Lipinski definition) is 0. The molecule has 0 aliphatic heterocycles. The van der Waals surface area contributed by atoms with Crippen LogP contribution in [0.1, 0.15) is 32.1 Å². The lowest BCUT2D eigenvalue weighted by atomic mass is 9.98. The van der Waals surface area contributed by atoms with Crippen molar-refractivity contribution in [1.29, 1.82) is 0 Å². The van der Waals surface area contributed by atoms with E-state index in [4.69, 9.17) is 4.74 Å². The normalized spacial score (nSPS) is 16.0. The van der Waals surface area contributed by atoms with Crippen LogP contribution in [0.15, 0.2) is 42.9 Å². The molecule has 1 aliphatic carbocycles. The van der Waals surface area contributed by atoms with Crippen molar-refractivity contribution in [3.63, 3.8) is 0 Å². The first kappa shape index (κ1) is 13.2. The Morgan fingerprint density at radius 1 is 1.05 bits per heavy atom. The van der Waals surface area contributed by atoms with Crippen molar-refractivity contribution in [1.82, 2.24) is 19.6 Å². The summed E-state index contributed by atoms with van der Waals surface area (Å²) in [6, 6.07) is 7.78. The summed E-state index contributed by atoms with van der Waals surface area (Å²) in [6.45, 7) is 0. The van der Waals surface area contributed by atoms with Crippen LogP contribution >= 0.6 is 0 Å². The summed E-state index contributed by atoms with van der Waals surface area (Å²) in [5.74, 6) is 0.669. The van der Waals surface area contributed by atoms with Crippen molar-refractivity contribution in [2.24, 2.45) is 0 Å². The fourth-order valence-corrected chi connectivity index (χ4v) is 2.98. The second-order valence-electron chi connectivity index (χ2n) is 5.70. The fraction of sp³-hybridized carbons (Fsp3) is 0.353. The predicted molar refractivity (Wildman–Crippen MR) is 83.7 cm³/mol. The smallest absolute Gasteiger partial charge is 0.232 e. The van der Waals surface area contributed by atoms with Crippen LogP contribution < -0.4 is 4.74 Å². The van der Waals surface area contributed by atoms with Crippen LogP contribution in [0.2, 0.25) is 0 Å². The zero-order valence-corrected chi connectivity index (χ0v) is 12.4. The number of pyridine rings is 1. The molecule has 3 aromatic rings. The maximum atomic E-state index is 6.05. The second-order valence-corrected chi connectivity index (χ2v) is 5.70. The molecule has 1 saturated carbocycles. The minimum atomic E-state index is 0.295. The van der Waals surface area contributed by atoms with Gasteiger partial charge in [0.25, 0.3) is 0 Å². The zero-order chi connectivity index (χ0) is 14.8. The number of fused-ring (bicyclic) bond motifs is 1. The van der Waals surface area contributed by atoms with Crippen molar-refractivity contribution < 1.29 is 4.74 Å². The van der Waals surface area contributed by atoms with E-state index in [1.54, 1.807) is 6.20 Å². The van der Waals surface area contributed by atoms with E-state index in [1.165, 1.54) is 19.3 Å². The van der Waals surface area contributed by atoms with Gasteiger partial charge in [0.15, 0.2) is 5.65 Å². The van der Waals surface area contributed by atoms with E-state index in [2.05, 4.69) is 15.1 Å². The Morgan fingerprint density at radius 3 is 2.77 bits per heavy atom. The summed E-state index contributed by atoms with van der Waals surface area (Å²) in [4.78, 5) is 8.56. The van der Waals surface area contributed by atoms with Crippen molar-refractivity contribution in [2.75, 3.05) is 0 Å². The van der Waals surface area contributed by atoms with Crippen LogP contribution in [0, 0.1) is 0 Å². The molecule has 0 amide bonds. The third-order valence-corrected chi connectivity index (χ3v) is 4.13. The Labute approximate surface area is 129 Å². The van der Waals surface area contributed by atoms with Gasteiger partial charge in [0, 0.05) is 24.0 Å². The number of hydrogen-bond acceptors (Lipinski definition) is 4. The lowest BCUT2D eigenvalue weighted by Crippen LogP contribution is -2.20. The molecular weight excluding hydrogens is 276 g/mol. The molecule has 1 aliphatic rings. The van der Waals surface area contributed by atoms with Gasteiger partial charge in [0.2, 0.25) is 5.88 Å². The van der Waals surface area contributed by atoms with Crippen molar-refractivity contribution in [3.05, 3.63) is 42.9 Å². The minimum Gasteiger partial charge on any atom is -0.473 e. The zero-order valence-electron chi connectivity index (χ0n) is 12.4. The molecular formula is C17H18N4O. The number of rotatable bonds is 3. The lowest BCUT2D eigenvalue weighted by Gasteiger charge is -2.22. The Kier molecular flexibility index (Phi) is 3.46.